The monoisotopic (exact) mass is 320 g/mol. The Hall–Kier alpha value is -1.82. The summed E-state index contributed by atoms with van der Waals surface area (Å²) in [6.45, 7) is 7.57. The van der Waals surface area contributed by atoms with Gasteiger partial charge in [-0.2, -0.15) is 0 Å². The first-order valence-electron chi connectivity index (χ1n) is 8.24. The van der Waals surface area contributed by atoms with E-state index in [-0.39, 0.29) is 0 Å². The number of carbonyl (C=O) groups is 1. The van der Waals surface area contributed by atoms with Gasteiger partial charge >= 0.3 is 6.09 Å². The second-order valence-electron chi connectivity index (χ2n) is 7.07. The second-order valence-corrected chi connectivity index (χ2v) is 7.07. The molecule has 0 bridgehead atoms. The predicted molar refractivity (Wildman–Crippen MR) is 92.9 cm³/mol. The number of hydrogen-bond acceptors (Lipinski definition) is 5. The summed E-state index contributed by atoms with van der Waals surface area (Å²) < 4.78 is 5.20. The molecular weight excluding hydrogens is 292 g/mol. The molecule has 0 aromatic carbocycles. The molecule has 128 valence electrons. The van der Waals surface area contributed by atoms with Gasteiger partial charge in [-0.1, -0.05) is 6.42 Å². The number of pyridine rings is 1. The fourth-order valence-electron chi connectivity index (χ4n) is 2.62. The summed E-state index contributed by atoms with van der Waals surface area (Å²) in [5, 5.41) is 6.05. The molecule has 1 aromatic heterocycles. The lowest BCUT2D eigenvalue weighted by Gasteiger charge is -2.32. The molecule has 0 aliphatic carbocycles. The second kappa shape index (κ2) is 7.64. The van der Waals surface area contributed by atoms with Gasteiger partial charge in [-0.25, -0.2) is 9.78 Å². The minimum absolute atomic E-state index is 0.486. The van der Waals surface area contributed by atoms with Gasteiger partial charge in [0, 0.05) is 12.6 Å². The van der Waals surface area contributed by atoms with Gasteiger partial charge in [-0.3, -0.25) is 5.32 Å². The zero-order valence-electron chi connectivity index (χ0n) is 14.6. The van der Waals surface area contributed by atoms with Gasteiger partial charge in [-0.05, 0) is 59.3 Å². The molecule has 1 amide bonds. The smallest absolute Gasteiger partial charge is 0.413 e. The van der Waals surface area contributed by atoms with E-state index >= 15 is 0 Å². The standard InChI is InChI=1S/C17H28N4O2/c1-17(2,3)23-16(22)20-15-9-8-13(11-19-15)18-12-14-7-5-6-10-21(14)4/h8-9,11,14,18H,5-7,10,12H2,1-4H3,(H,19,20,22). The molecule has 1 aliphatic heterocycles. The Bertz CT molecular complexity index is 510. The summed E-state index contributed by atoms with van der Waals surface area (Å²) in [7, 11) is 2.18. The number of likely N-dealkylation sites (tertiary alicyclic amines) is 1. The first-order valence-corrected chi connectivity index (χ1v) is 8.24. The average Bonchev–Trinajstić information content (AvgIpc) is 2.46. The van der Waals surface area contributed by atoms with Gasteiger partial charge in [0.1, 0.15) is 11.4 Å². The summed E-state index contributed by atoms with van der Waals surface area (Å²) >= 11 is 0. The molecule has 1 fully saturated rings. The van der Waals surface area contributed by atoms with E-state index in [0.29, 0.717) is 11.9 Å². The van der Waals surface area contributed by atoms with Gasteiger partial charge in [0.25, 0.3) is 0 Å². The summed E-state index contributed by atoms with van der Waals surface area (Å²) in [4.78, 5) is 18.3. The highest BCUT2D eigenvalue weighted by Gasteiger charge is 2.18. The lowest BCUT2D eigenvalue weighted by atomic mass is 10.0. The Labute approximate surface area is 138 Å². The molecule has 6 nitrogen and oxygen atoms in total. The van der Waals surface area contributed by atoms with Gasteiger partial charge < -0.3 is 15.0 Å². The van der Waals surface area contributed by atoms with Crippen molar-refractivity contribution >= 4 is 17.6 Å². The van der Waals surface area contributed by atoms with Crippen molar-refractivity contribution in [3.05, 3.63) is 18.3 Å². The molecule has 0 radical (unpaired) electrons. The zero-order valence-corrected chi connectivity index (χ0v) is 14.6. The molecule has 1 unspecified atom stereocenters. The highest BCUT2D eigenvalue weighted by atomic mass is 16.6. The number of rotatable bonds is 4. The van der Waals surface area contributed by atoms with Crippen LogP contribution in [0, 0.1) is 0 Å². The van der Waals surface area contributed by atoms with Crippen LogP contribution in [0.25, 0.3) is 0 Å². The van der Waals surface area contributed by atoms with Crippen molar-refractivity contribution in [2.24, 2.45) is 0 Å². The third-order valence-electron chi connectivity index (χ3n) is 3.86. The Balaban J connectivity index is 1.81. The molecule has 1 saturated heterocycles. The summed E-state index contributed by atoms with van der Waals surface area (Å²) in [6.07, 6.45) is 5.06. The summed E-state index contributed by atoms with van der Waals surface area (Å²) in [5.41, 5.74) is 0.441. The molecule has 6 heteroatoms. The van der Waals surface area contributed by atoms with E-state index in [0.717, 1.165) is 12.2 Å². The van der Waals surface area contributed by atoms with Crippen LogP contribution in [0.1, 0.15) is 40.0 Å². The van der Waals surface area contributed by atoms with Gasteiger partial charge in [0.2, 0.25) is 0 Å². The van der Waals surface area contributed by atoms with Crippen molar-refractivity contribution < 1.29 is 9.53 Å². The fourth-order valence-corrected chi connectivity index (χ4v) is 2.62. The Morgan fingerprint density at radius 2 is 2.17 bits per heavy atom. The lowest BCUT2D eigenvalue weighted by Crippen LogP contribution is -2.40. The maximum Gasteiger partial charge on any atom is 0.413 e. The molecule has 0 spiro atoms. The number of nitrogens with zero attached hydrogens (tertiary/aromatic N) is 2. The first kappa shape index (κ1) is 17.5. The molecule has 1 aliphatic rings. The number of nitrogens with one attached hydrogen (secondary N) is 2. The number of likely N-dealkylation sites (N-methyl/N-ethyl adjacent to an activating group) is 1. The third-order valence-corrected chi connectivity index (χ3v) is 3.86. The van der Waals surface area contributed by atoms with Crippen LogP contribution in [-0.2, 0) is 4.74 Å². The van der Waals surface area contributed by atoms with Gasteiger partial charge in [0.05, 0.1) is 11.9 Å². The highest BCUT2D eigenvalue weighted by molar-refractivity contribution is 5.83. The van der Waals surface area contributed by atoms with E-state index in [1.54, 1.807) is 12.3 Å². The van der Waals surface area contributed by atoms with Crippen LogP contribution in [0.3, 0.4) is 0 Å². The molecular formula is C17H28N4O2. The van der Waals surface area contributed by atoms with E-state index in [4.69, 9.17) is 4.74 Å². The van der Waals surface area contributed by atoms with E-state index < -0.39 is 11.7 Å². The largest absolute Gasteiger partial charge is 0.444 e. The van der Waals surface area contributed by atoms with E-state index in [9.17, 15) is 4.79 Å². The number of carbonyl (C=O) groups excluding carboxylic acids is 1. The van der Waals surface area contributed by atoms with Crippen molar-refractivity contribution in [3.63, 3.8) is 0 Å². The number of piperidine rings is 1. The van der Waals surface area contributed by atoms with Crippen LogP contribution < -0.4 is 10.6 Å². The quantitative estimate of drug-likeness (QED) is 0.891. The predicted octanol–water partition coefficient (Wildman–Crippen LogP) is 3.32. The Morgan fingerprint density at radius 1 is 1.39 bits per heavy atom. The Morgan fingerprint density at radius 3 is 2.78 bits per heavy atom. The van der Waals surface area contributed by atoms with Crippen molar-refractivity contribution in [3.8, 4) is 0 Å². The van der Waals surface area contributed by atoms with E-state index in [1.807, 2.05) is 26.8 Å². The molecule has 1 atom stereocenters. The van der Waals surface area contributed by atoms with Gasteiger partial charge in [0.15, 0.2) is 0 Å². The number of amides is 1. The number of aromatic nitrogens is 1. The number of hydrogen-bond donors (Lipinski definition) is 2. The van der Waals surface area contributed by atoms with Crippen molar-refractivity contribution in [2.45, 2.75) is 51.7 Å². The zero-order chi connectivity index (χ0) is 16.9. The first-order chi connectivity index (χ1) is 10.8. The number of ether oxygens (including phenoxy) is 1. The minimum atomic E-state index is -0.516. The molecule has 2 rings (SSSR count). The maximum atomic E-state index is 11.7. The van der Waals surface area contributed by atoms with Crippen LogP contribution in [0.2, 0.25) is 0 Å². The summed E-state index contributed by atoms with van der Waals surface area (Å²) in [6, 6.07) is 4.27. The lowest BCUT2D eigenvalue weighted by molar-refractivity contribution is 0.0635. The molecule has 2 heterocycles. The van der Waals surface area contributed by atoms with Gasteiger partial charge in [-0.15, -0.1) is 0 Å². The summed E-state index contributed by atoms with van der Waals surface area (Å²) in [5.74, 6) is 0.486. The van der Waals surface area contributed by atoms with Crippen LogP contribution in [-0.4, -0.2) is 47.8 Å². The van der Waals surface area contributed by atoms with Crippen molar-refractivity contribution in [1.82, 2.24) is 9.88 Å². The van der Waals surface area contributed by atoms with Crippen molar-refractivity contribution in [1.29, 1.82) is 0 Å². The maximum absolute atomic E-state index is 11.7. The third kappa shape index (κ3) is 6.06. The molecule has 1 aromatic rings. The minimum Gasteiger partial charge on any atom is -0.444 e. The van der Waals surface area contributed by atoms with Crippen LogP contribution in [0.5, 0.6) is 0 Å². The normalized spacial score (nSPS) is 19.2. The van der Waals surface area contributed by atoms with Crippen molar-refractivity contribution in [2.75, 3.05) is 30.8 Å². The fraction of sp³-hybridized carbons (Fsp3) is 0.647. The van der Waals surface area contributed by atoms with E-state index in [1.165, 1.54) is 25.8 Å². The SMILES string of the molecule is CN1CCCCC1CNc1ccc(NC(=O)OC(C)(C)C)nc1. The topological polar surface area (TPSA) is 66.5 Å². The average molecular weight is 320 g/mol. The Kier molecular flexibility index (Phi) is 5.82. The molecule has 2 N–H and O–H groups in total. The van der Waals surface area contributed by atoms with Crippen LogP contribution in [0.15, 0.2) is 18.3 Å². The molecule has 23 heavy (non-hydrogen) atoms. The van der Waals surface area contributed by atoms with Crippen LogP contribution in [0.4, 0.5) is 16.3 Å². The number of anilines is 2. The highest BCUT2D eigenvalue weighted by Crippen LogP contribution is 2.17. The molecule has 0 saturated carbocycles. The van der Waals surface area contributed by atoms with Crippen LogP contribution >= 0.6 is 0 Å². The van der Waals surface area contributed by atoms with E-state index in [2.05, 4.69) is 27.6 Å².